The third kappa shape index (κ3) is 3.44. The summed E-state index contributed by atoms with van der Waals surface area (Å²) < 4.78 is 0. The lowest BCUT2D eigenvalue weighted by molar-refractivity contribution is -0.129. The Morgan fingerprint density at radius 3 is 2.78 bits per heavy atom. The zero-order valence-electron chi connectivity index (χ0n) is 14.2. The average molecular weight is 336 g/mol. The predicted molar refractivity (Wildman–Crippen MR) is 89.4 cm³/mol. The van der Waals surface area contributed by atoms with Gasteiger partial charge in [0.2, 0.25) is 5.91 Å². The lowest BCUT2D eigenvalue weighted by Gasteiger charge is -2.39. The number of aromatic amines is 1. The first kappa shape index (κ1) is 16.5. The Labute approximate surface area is 140 Å². The molecular formula is C16H24N4O2S. The lowest BCUT2D eigenvalue weighted by Crippen LogP contribution is -2.38. The van der Waals surface area contributed by atoms with E-state index in [0.717, 1.165) is 19.4 Å². The summed E-state index contributed by atoms with van der Waals surface area (Å²) in [5.41, 5.74) is 0.628. The van der Waals surface area contributed by atoms with E-state index in [2.05, 4.69) is 36.0 Å². The van der Waals surface area contributed by atoms with Crippen molar-refractivity contribution in [3.05, 3.63) is 16.0 Å². The van der Waals surface area contributed by atoms with Gasteiger partial charge in [0.25, 0.3) is 5.56 Å². The van der Waals surface area contributed by atoms with Crippen LogP contribution in [0.5, 0.6) is 0 Å². The fraction of sp³-hybridized carbons (Fsp3) is 0.750. The highest BCUT2D eigenvalue weighted by molar-refractivity contribution is 7.99. The monoisotopic (exact) mass is 336 g/mol. The fourth-order valence-corrected chi connectivity index (χ4v) is 5.10. The molecule has 0 unspecified atom stereocenters. The summed E-state index contributed by atoms with van der Waals surface area (Å²) in [6.45, 7) is 9.35. The first-order chi connectivity index (χ1) is 10.7. The molecule has 1 N–H and O–H groups in total. The Balaban J connectivity index is 1.65. The van der Waals surface area contributed by atoms with Gasteiger partial charge < -0.3 is 4.90 Å². The molecule has 2 fully saturated rings. The van der Waals surface area contributed by atoms with Crippen LogP contribution in [-0.4, -0.2) is 44.3 Å². The van der Waals surface area contributed by atoms with Crippen molar-refractivity contribution in [2.24, 2.45) is 10.8 Å². The Bertz CT molecular complexity index is 687. The van der Waals surface area contributed by atoms with Crippen molar-refractivity contribution in [3.63, 3.8) is 0 Å². The summed E-state index contributed by atoms with van der Waals surface area (Å²) in [6, 6.07) is 0.347. The number of aromatic nitrogens is 3. The van der Waals surface area contributed by atoms with E-state index in [1.807, 2.05) is 4.90 Å². The van der Waals surface area contributed by atoms with Crippen molar-refractivity contribution in [2.75, 3.05) is 12.3 Å². The maximum absolute atomic E-state index is 12.6. The van der Waals surface area contributed by atoms with E-state index in [1.54, 1.807) is 6.92 Å². The number of aryl methyl sites for hydroxylation is 1. The highest BCUT2D eigenvalue weighted by Gasteiger charge is 2.50. The summed E-state index contributed by atoms with van der Waals surface area (Å²) in [4.78, 5) is 28.9. The zero-order chi connectivity index (χ0) is 16.8. The molecule has 0 aromatic carbocycles. The minimum atomic E-state index is -0.249. The van der Waals surface area contributed by atoms with E-state index in [0.29, 0.717) is 28.1 Å². The fourth-order valence-electron chi connectivity index (χ4n) is 4.41. The Kier molecular flexibility index (Phi) is 4.02. The van der Waals surface area contributed by atoms with E-state index in [1.165, 1.54) is 18.2 Å². The molecule has 2 aliphatic rings. The molecule has 1 aromatic heterocycles. The number of amides is 1. The lowest BCUT2D eigenvalue weighted by atomic mass is 9.65. The van der Waals surface area contributed by atoms with Crippen LogP contribution in [-0.2, 0) is 4.79 Å². The first-order valence-corrected chi connectivity index (χ1v) is 9.02. The van der Waals surface area contributed by atoms with E-state index in [9.17, 15) is 9.59 Å². The minimum Gasteiger partial charge on any atom is -0.338 e. The highest BCUT2D eigenvalue weighted by Crippen LogP contribution is 2.52. The van der Waals surface area contributed by atoms with Crippen LogP contribution in [0, 0.1) is 17.8 Å². The van der Waals surface area contributed by atoms with E-state index >= 15 is 0 Å². The van der Waals surface area contributed by atoms with Crippen LogP contribution in [0.25, 0.3) is 0 Å². The Morgan fingerprint density at radius 2 is 2.09 bits per heavy atom. The van der Waals surface area contributed by atoms with Gasteiger partial charge in [0.15, 0.2) is 5.16 Å². The van der Waals surface area contributed by atoms with E-state index in [4.69, 9.17) is 0 Å². The molecule has 1 saturated carbocycles. The molecule has 126 valence electrons. The third-order valence-electron chi connectivity index (χ3n) is 4.91. The van der Waals surface area contributed by atoms with Crippen LogP contribution < -0.4 is 5.56 Å². The average Bonchev–Trinajstić information content (AvgIpc) is 2.69. The van der Waals surface area contributed by atoms with Crippen molar-refractivity contribution < 1.29 is 4.79 Å². The number of H-pyrrole nitrogens is 1. The van der Waals surface area contributed by atoms with Crippen LogP contribution in [0.4, 0.5) is 0 Å². The molecule has 1 saturated heterocycles. The number of hydrogen-bond acceptors (Lipinski definition) is 5. The van der Waals surface area contributed by atoms with Gasteiger partial charge in [-0.3, -0.25) is 14.6 Å². The molecule has 7 heteroatoms. The van der Waals surface area contributed by atoms with E-state index in [-0.39, 0.29) is 16.9 Å². The summed E-state index contributed by atoms with van der Waals surface area (Å²) in [6.07, 6.45) is 3.35. The van der Waals surface area contributed by atoms with Crippen molar-refractivity contribution in [3.8, 4) is 0 Å². The molecule has 3 rings (SSSR count). The van der Waals surface area contributed by atoms with Crippen molar-refractivity contribution in [1.29, 1.82) is 0 Å². The molecule has 6 nitrogen and oxygen atoms in total. The predicted octanol–water partition coefficient (Wildman–Crippen LogP) is 1.99. The maximum Gasteiger partial charge on any atom is 0.273 e. The second-order valence-electron chi connectivity index (χ2n) is 8.07. The molecule has 1 aromatic rings. The van der Waals surface area contributed by atoms with Crippen LogP contribution in [0.1, 0.15) is 45.7 Å². The van der Waals surface area contributed by atoms with Crippen LogP contribution in [0.2, 0.25) is 0 Å². The molecule has 1 aliphatic carbocycles. The van der Waals surface area contributed by atoms with E-state index < -0.39 is 0 Å². The number of hydrogen-bond donors (Lipinski definition) is 1. The molecule has 23 heavy (non-hydrogen) atoms. The van der Waals surface area contributed by atoms with Gasteiger partial charge >= 0.3 is 0 Å². The second kappa shape index (κ2) is 5.61. The second-order valence-corrected chi connectivity index (χ2v) is 9.03. The first-order valence-electron chi connectivity index (χ1n) is 8.03. The number of fused-ring (bicyclic) bond motifs is 2. The number of likely N-dealkylation sites (tertiary alicyclic amines) is 1. The SMILES string of the molecule is Cc1nnc(SCC(=O)N2C[C@]3(C)C[C@H]2CC(C)(C)C3)[nH]c1=O. The van der Waals surface area contributed by atoms with Crippen LogP contribution in [0.15, 0.2) is 9.95 Å². The number of carbonyl (C=O) groups is 1. The normalized spacial score (nSPS) is 28.9. The molecule has 1 amide bonds. The highest BCUT2D eigenvalue weighted by atomic mass is 32.2. The standard InChI is InChI=1S/C16H24N4O2S/c1-10-13(22)17-14(19-18-10)23-7-12(21)20-9-16(4)6-11(20)5-15(2,3)8-16/h11H,5-9H2,1-4H3,(H,17,19,22)/t11-,16-/m1/s1. The van der Waals surface area contributed by atoms with Gasteiger partial charge in [-0.15, -0.1) is 10.2 Å². The van der Waals surface area contributed by atoms with Gasteiger partial charge in [-0.1, -0.05) is 32.5 Å². The Morgan fingerprint density at radius 1 is 1.35 bits per heavy atom. The molecule has 0 spiro atoms. The van der Waals surface area contributed by atoms with Gasteiger partial charge in [-0.2, -0.15) is 0 Å². The quantitative estimate of drug-likeness (QED) is 0.854. The summed E-state index contributed by atoms with van der Waals surface area (Å²) in [7, 11) is 0. The molecule has 2 atom stereocenters. The molecule has 0 radical (unpaired) electrons. The van der Waals surface area contributed by atoms with Gasteiger partial charge in [0.05, 0.1) is 5.75 Å². The number of nitrogens with one attached hydrogen (secondary N) is 1. The Hall–Kier alpha value is -1.37. The van der Waals surface area contributed by atoms with Crippen LogP contribution >= 0.6 is 11.8 Å². The largest absolute Gasteiger partial charge is 0.338 e. The van der Waals surface area contributed by atoms with Gasteiger partial charge in [0.1, 0.15) is 5.69 Å². The molecule has 2 heterocycles. The molecule has 2 bridgehead atoms. The zero-order valence-corrected chi connectivity index (χ0v) is 15.0. The minimum absolute atomic E-state index is 0.129. The number of nitrogens with zero attached hydrogens (tertiary/aromatic N) is 3. The maximum atomic E-state index is 12.6. The number of thioether (sulfide) groups is 1. The van der Waals surface area contributed by atoms with Crippen molar-refractivity contribution in [2.45, 2.75) is 58.2 Å². The summed E-state index contributed by atoms with van der Waals surface area (Å²) >= 11 is 1.25. The summed E-state index contributed by atoms with van der Waals surface area (Å²) in [5.74, 6) is 0.422. The molecule has 1 aliphatic heterocycles. The van der Waals surface area contributed by atoms with Crippen LogP contribution in [0.3, 0.4) is 0 Å². The summed E-state index contributed by atoms with van der Waals surface area (Å²) in [5, 5.41) is 8.13. The smallest absolute Gasteiger partial charge is 0.273 e. The molecular weight excluding hydrogens is 312 g/mol. The van der Waals surface area contributed by atoms with Gasteiger partial charge in [-0.05, 0) is 37.0 Å². The van der Waals surface area contributed by atoms with Crippen molar-refractivity contribution >= 4 is 17.7 Å². The number of carbonyl (C=O) groups excluding carboxylic acids is 1. The topological polar surface area (TPSA) is 79.0 Å². The van der Waals surface area contributed by atoms with Gasteiger partial charge in [0, 0.05) is 12.6 Å². The van der Waals surface area contributed by atoms with Crippen molar-refractivity contribution in [1.82, 2.24) is 20.1 Å². The number of rotatable bonds is 3. The third-order valence-corrected chi connectivity index (χ3v) is 5.76. The van der Waals surface area contributed by atoms with Gasteiger partial charge in [-0.25, -0.2) is 0 Å².